The van der Waals surface area contributed by atoms with Gasteiger partial charge in [0.2, 0.25) is 0 Å². The Morgan fingerprint density at radius 3 is 2.00 bits per heavy atom. The molecule has 0 atom stereocenters. The van der Waals surface area contributed by atoms with Crippen molar-refractivity contribution in [3.8, 4) is 11.8 Å². The van der Waals surface area contributed by atoms with Crippen LogP contribution in [0.3, 0.4) is 0 Å². The summed E-state index contributed by atoms with van der Waals surface area (Å²) in [5, 5.41) is 18.2. The van der Waals surface area contributed by atoms with Crippen LogP contribution in [0, 0.1) is 0 Å². The van der Waals surface area contributed by atoms with Crippen LogP contribution in [0.2, 0.25) is 0 Å². The van der Waals surface area contributed by atoms with E-state index in [1.807, 2.05) is 0 Å². The number of imidazole rings is 1. The molecule has 3 N–H and O–H groups in total. The summed E-state index contributed by atoms with van der Waals surface area (Å²) < 4.78 is 1.09. The van der Waals surface area contributed by atoms with Crippen LogP contribution in [0.25, 0.3) is 0 Å². The second kappa shape index (κ2) is 2.30. The number of hydrogen-bond donors (Lipinski definition) is 3. The van der Waals surface area contributed by atoms with Crippen LogP contribution in [0.5, 0.6) is 11.8 Å². The van der Waals surface area contributed by atoms with Crippen molar-refractivity contribution in [2.24, 2.45) is 0 Å². The zero-order valence-corrected chi connectivity index (χ0v) is 7.25. The lowest BCUT2D eigenvalue weighted by atomic mass is 10.1. The lowest BCUT2D eigenvalue weighted by Crippen LogP contribution is -2.31. The van der Waals surface area contributed by atoms with Gasteiger partial charge in [-0.1, -0.05) is 0 Å². The van der Waals surface area contributed by atoms with E-state index < -0.39 is 23.0 Å². The number of hydrogen-bond acceptors (Lipinski definition) is 3. The van der Waals surface area contributed by atoms with Crippen molar-refractivity contribution in [1.82, 2.24) is 9.55 Å². The van der Waals surface area contributed by atoms with Gasteiger partial charge in [0.1, 0.15) is 0 Å². The van der Waals surface area contributed by atoms with Gasteiger partial charge in [-0.25, -0.2) is 4.79 Å². The van der Waals surface area contributed by atoms with Gasteiger partial charge in [0, 0.05) is 5.54 Å². The second-order valence-corrected chi connectivity index (χ2v) is 3.61. The summed E-state index contributed by atoms with van der Waals surface area (Å²) in [6.45, 7) is 5.25. The molecular weight excluding hydrogens is 160 g/mol. The number of aromatic nitrogens is 2. The van der Waals surface area contributed by atoms with E-state index in [0.717, 1.165) is 4.57 Å². The standard InChI is InChI=1S/C7H12N2O3/c1-7(2,3)9-5(11)4(10)8-6(9)12/h10-11H,1-3H3,(H,8,12). The minimum Gasteiger partial charge on any atom is -0.491 e. The third kappa shape index (κ3) is 1.17. The minimum atomic E-state index is -0.543. The van der Waals surface area contributed by atoms with Gasteiger partial charge in [-0.2, -0.15) is 0 Å². The molecule has 0 saturated carbocycles. The molecule has 0 aliphatic heterocycles. The molecule has 1 aromatic heterocycles. The Morgan fingerprint density at radius 1 is 1.33 bits per heavy atom. The van der Waals surface area contributed by atoms with Gasteiger partial charge in [-0.15, -0.1) is 0 Å². The van der Waals surface area contributed by atoms with Crippen LogP contribution in [-0.4, -0.2) is 19.8 Å². The molecule has 0 spiro atoms. The summed E-state index contributed by atoms with van der Waals surface area (Å²) in [4.78, 5) is 13.2. The first kappa shape index (κ1) is 8.70. The molecule has 12 heavy (non-hydrogen) atoms. The van der Waals surface area contributed by atoms with Crippen LogP contribution in [0.1, 0.15) is 20.8 Å². The Morgan fingerprint density at radius 2 is 1.83 bits per heavy atom. The smallest absolute Gasteiger partial charge is 0.331 e. The maximum Gasteiger partial charge on any atom is 0.331 e. The average Bonchev–Trinajstić information content (AvgIpc) is 2.05. The highest BCUT2D eigenvalue weighted by Gasteiger charge is 2.22. The number of H-pyrrole nitrogens is 1. The van der Waals surface area contributed by atoms with Crippen LogP contribution in [0.15, 0.2) is 4.79 Å². The van der Waals surface area contributed by atoms with Gasteiger partial charge in [0.05, 0.1) is 0 Å². The third-order valence-electron chi connectivity index (χ3n) is 1.52. The average molecular weight is 172 g/mol. The normalized spacial score (nSPS) is 11.9. The Balaban J connectivity index is 3.43. The van der Waals surface area contributed by atoms with E-state index in [-0.39, 0.29) is 0 Å². The molecule has 1 aromatic rings. The molecule has 0 aliphatic rings. The third-order valence-corrected chi connectivity index (χ3v) is 1.52. The Bertz CT molecular complexity index is 343. The molecule has 68 valence electrons. The van der Waals surface area contributed by atoms with Crippen molar-refractivity contribution in [1.29, 1.82) is 0 Å². The molecule has 0 amide bonds. The maximum atomic E-state index is 11.1. The molecule has 1 rings (SSSR count). The van der Waals surface area contributed by atoms with Crippen molar-refractivity contribution in [3.05, 3.63) is 10.5 Å². The molecule has 5 nitrogen and oxygen atoms in total. The fraction of sp³-hybridized carbons (Fsp3) is 0.571. The Labute approximate surface area is 69.3 Å². The molecule has 0 aliphatic carbocycles. The zero-order valence-electron chi connectivity index (χ0n) is 7.25. The summed E-state index contributed by atoms with van der Waals surface area (Å²) in [5.41, 5.74) is -1.06. The van der Waals surface area contributed by atoms with E-state index in [9.17, 15) is 9.90 Å². The summed E-state index contributed by atoms with van der Waals surface area (Å²) >= 11 is 0. The predicted molar refractivity (Wildman–Crippen MR) is 43.4 cm³/mol. The first-order valence-electron chi connectivity index (χ1n) is 3.57. The van der Waals surface area contributed by atoms with Crippen molar-refractivity contribution < 1.29 is 10.2 Å². The number of aromatic amines is 1. The highest BCUT2D eigenvalue weighted by Crippen LogP contribution is 2.25. The van der Waals surface area contributed by atoms with E-state index in [2.05, 4.69) is 4.98 Å². The number of aromatic hydroxyl groups is 2. The van der Waals surface area contributed by atoms with E-state index in [4.69, 9.17) is 5.11 Å². The van der Waals surface area contributed by atoms with E-state index in [1.165, 1.54) is 0 Å². The lowest BCUT2D eigenvalue weighted by Gasteiger charge is -2.19. The zero-order chi connectivity index (χ0) is 9.52. The molecule has 0 bridgehead atoms. The summed E-state index contributed by atoms with van der Waals surface area (Å²) in [6.07, 6.45) is 0. The first-order chi connectivity index (χ1) is 5.34. The molecule has 0 unspecified atom stereocenters. The van der Waals surface area contributed by atoms with Gasteiger partial charge < -0.3 is 10.2 Å². The van der Waals surface area contributed by atoms with Crippen LogP contribution >= 0.6 is 0 Å². The highest BCUT2D eigenvalue weighted by atomic mass is 16.3. The number of nitrogens with one attached hydrogen (secondary N) is 1. The molecule has 0 aromatic carbocycles. The van der Waals surface area contributed by atoms with Crippen molar-refractivity contribution in [2.75, 3.05) is 0 Å². The van der Waals surface area contributed by atoms with E-state index >= 15 is 0 Å². The molecule has 0 radical (unpaired) electrons. The van der Waals surface area contributed by atoms with Crippen LogP contribution in [-0.2, 0) is 5.54 Å². The quantitative estimate of drug-likeness (QED) is 0.528. The summed E-state index contributed by atoms with van der Waals surface area (Å²) in [7, 11) is 0. The van der Waals surface area contributed by atoms with Crippen molar-refractivity contribution >= 4 is 0 Å². The predicted octanol–water partition coefficient (Wildman–Crippen LogP) is 0.343. The Kier molecular flexibility index (Phi) is 1.67. The molecule has 0 fully saturated rings. The van der Waals surface area contributed by atoms with E-state index in [0.29, 0.717) is 0 Å². The van der Waals surface area contributed by atoms with Gasteiger partial charge in [0.15, 0.2) is 0 Å². The first-order valence-corrected chi connectivity index (χ1v) is 3.57. The molecule has 1 heterocycles. The molecular formula is C7H12N2O3. The summed E-state index contributed by atoms with van der Waals surface area (Å²) in [6, 6.07) is 0. The van der Waals surface area contributed by atoms with Gasteiger partial charge in [-0.05, 0) is 20.8 Å². The van der Waals surface area contributed by atoms with E-state index in [1.54, 1.807) is 20.8 Å². The molecule has 0 saturated heterocycles. The van der Waals surface area contributed by atoms with Gasteiger partial charge in [0.25, 0.3) is 11.8 Å². The van der Waals surface area contributed by atoms with Crippen molar-refractivity contribution in [3.63, 3.8) is 0 Å². The Hall–Kier alpha value is -1.39. The second-order valence-electron chi connectivity index (χ2n) is 3.61. The van der Waals surface area contributed by atoms with Gasteiger partial charge >= 0.3 is 5.69 Å². The topological polar surface area (TPSA) is 78.2 Å². The van der Waals surface area contributed by atoms with Crippen LogP contribution < -0.4 is 5.69 Å². The SMILES string of the molecule is CC(C)(C)n1c(O)c(O)[nH]c1=O. The largest absolute Gasteiger partial charge is 0.491 e. The summed E-state index contributed by atoms with van der Waals surface area (Å²) in [5.74, 6) is -0.914. The fourth-order valence-corrected chi connectivity index (χ4v) is 1.04. The molecule has 5 heteroatoms. The lowest BCUT2D eigenvalue weighted by molar-refractivity contribution is 0.304. The minimum absolute atomic E-state index is 0.424. The number of nitrogens with zero attached hydrogens (tertiary/aromatic N) is 1. The van der Waals surface area contributed by atoms with Crippen LogP contribution in [0.4, 0.5) is 0 Å². The number of rotatable bonds is 0. The monoisotopic (exact) mass is 172 g/mol. The maximum absolute atomic E-state index is 11.1. The van der Waals surface area contributed by atoms with Gasteiger partial charge in [-0.3, -0.25) is 9.55 Å². The highest BCUT2D eigenvalue weighted by molar-refractivity contribution is 5.24. The van der Waals surface area contributed by atoms with Crippen molar-refractivity contribution in [2.45, 2.75) is 26.3 Å². The fourth-order valence-electron chi connectivity index (χ4n) is 1.04.